The van der Waals surface area contributed by atoms with Gasteiger partial charge in [0.15, 0.2) is 0 Å². The molecule has 2 rings (SSSR count). The van der Waals surface area contributed by atoms with Gasteiger partial charge in [-0.2, -0.15) is 13.2 Å². The van der Waals surface area contributed by atoms with Gasteiger partial charge in [-0.1, -0.05) is 19.1 Å². The number of nitrogens with two attached hydrogens (primary N) is 1. The molecular weight excluding hydrogens is 265 g/mol. The Hall–Kier alpha value is -2.17. The van der Waals surface area contributed by atoms with Crippen molar-refractivity contribution in [2.45, 2.75) is 19.5 Å². The summed E-state index contributed by atoms with van der Waals surface area (Å²) in [4.78, 5) is 0. The predicted octanol–water partition coefficient (Wildman–Crippen LogP) is 4.59. The normalized spacial score (nSPS) is 11.4. The molecule has 0 aliphatic carbocycles. The molecule has 0 aliphatic rings. The highest BCUT2D eigenvalue weighted by molar-refractivity contribution is 5.65. The van der Waals surface area contributed by atoms with Crippen molar-refractivity contribution in [1.29, 1.82) is 0 Å². The molecule has 0 heterocycles. The van der Waals surface area contributed by atoms with Gasteiger partial charge in [0.2, 0.25) is 0 Å². The average molecular weight is 280 g/mol. The first-order chi connectivity index (χ1) is 9.40. The van der Waals surface area contributed by atoms with Crippen LogP contribution in [0.3, 0.4) is 0 Å². The topological polar surface area (TPSA) is 38.0 Å². The first kappa shape index (κ1) is 14.2. The molecule has 0 saturated heterocycles. The van der Waals surface area contributed by atoms with Crippen molar-refractivity contribution in [2.24, 2.45) is 0 Å². The lowest BCUT2D eigenvalue weighted by Crippen LogP contribution is -2.09. The van der Waals surface area contributed by atoms with Gasteiger partial charge in [0, 0.05) is 17.1 Å². The van der Waals surface area contributed by atoms with Crippen molar-refractivity contribution in [1.82, 2.24) is 0 Å². The standard InChI is InChI=1S/C15H15F3N2/c1-2-10-4-3-5-11(8-10)20-12-6-7-14(19)13(9-12)15(16,17)18/h3-9,20H,2,19H2,1H3. The minimum Gasteiger partial charge on any atom is -0.398 e. The fraction of sp³-hybridized carbons (Fsp3) is 0.200. The van der Waals surface area contributed by atoms with E-state index in [1.807, 2.05) is 31.2 Å². The third kappa shape index (κ3) is 3.23. The smallest absolute Gasteiger partial charge is 0.398 e. The Morgan fingerprint density at radius 1 is 1.05 bits per heavy atom. The predicted molar refractivity (Wildman–Crippen MR) is 75.0 cm³/mol. The van der Waals surface area contributed by atoms with Crippen LogP contribution in [0.15, 0.2) is 42.5 Å². The van der Waals surface area contributed by atoms with E-state index in [-0.39, 0.29) is 5.69 Å². The first-order valence-corrected chi connectivity index (χ1v) is 6.23. The van der Waals surface area contributed by atoms with Gasteiger partial charge < -0.3 is 11.1 Å². The lowest BCUT2D eigenvalue weighted by molar-refractivity contribution is -0.136. The number of halogens is 3. The summed E-state index contributed by atoms with van der Waals surface area (Å²) < 4.78 is 38.3. The van der Waals surface area contributed by atoms with Crippen molar-refractivity contribution in [3.8, 4) is 0 Å². The molecule has 0 aromatic heterocycles. The molecule has 0 bridgehead atoms. The van der Waals surface area contributed by atoms with Gasteiger partial charge in [0.05, 0.1) is 5.56 Å². The lowest BCUT2D eigenvalue weighted by atomic mass is 10.1. The van der Waals surface area contributed by atoms with Gasteiger partial charge in [-0.25, -0.2) is 0 Å². The van der Waals surface area contributed by atoms with E-state index in [0.717, 1.165) is 23.7 Å². The number of nitrogen functional groups attached to an aromatic ring is 1. The van der Waals surface area contributed by atoms with Gasteiger partial charge >= 0.3 is 6.18 Å². The number of alkyl halides is 3. The maximum Gasteiger partial charge on any atom is 0.418 e. The zero-order valence-corrected chi connectivity index (χ0v) is 11.0. The van der Waals surface area contributed by atoms with Gasteiger partial charge in [-0.05, 0) is 42.3 Å². The molecule has 2 nitrogen and oxygen atoms in total. The number of rotatable bonds is 3. The summed E-state index contributed by atoms with van der Waals surface area (Å²) in [5.74, 6) is 0. The van der Waals surface area contributed by atoms with E-state index in [4.69, 9.17) is 5.73 Å². The van der Waals surface area contributed by atoms with Crippen molar-refractivity contribution in [3.63, 3.8) is 0 Å². The Morgan fingerprint density at radius 2 is 1.75 bits per heavy atom. The van der Waals surface area contributed by atoms with Crippen LogP contribution in [-0.2, 0) is 12.6 Å². The number of nitrogens with one attached hydrogen (secondary N) is 1. The molecule has 2 aromatic rings. The van der Waals surface area contributed by atoms with Gasteiger partial charge in [-0.15, -0.1) is 0 Å². The number of aryl methyl sites for hydroxylation is 1. The highest BCUT2D eigenvalue weighted by atomic mass is 19.4. The molecule has 0 fully saturated rings. The second-order valence-corrected chi connectivity index (χ2v) is 4.48. The largest absolute Gasteiger partial charge is 0.418 e. The van der Waals surface area contributed by atoms with E-state index in [1.54, 1.807) is 0 Å². The van der Waals surface area contributed by atoms with Crippen LogP contribution in [0.25, 0.3) is 0 Å². The van der Waals surface area contributed by atoms with Crippen LogP contribution in [0.5, 0.6) is 0 Å². The molecular formula is C15H15F3N2. The zero-order chi connectivity index (χ0) is 14.8. The third-order valence-corrected chi connectivity index (χ3v) is 2.98. The van der Waals surface area contributed by atoms with Crippen LogP contribution in [0.4, 0.5) is 30.2 Å². The minimum absolute atomic E-state index is 0.273. The van der Waals surface area contributed by atoms with Crippen molar-refractivity contribution >= 4 is 17.1 Å². The molecule has 0 aliphatic heterocycles. The first-order valence-electron chi connectivity index (χ1n) is 6.23. The Kier molecular flexibility index (Phi) is 3.88. The highest BCUT2D eigenvalue weighted by Gasteiger charge is 2.33. The Morgan fingerprint density at radius 3 is 2.40 bits per heavy atom. The van der Waals surface area contributed by atoms with Crippen molar-refractivity contribution < 1.29 is 13.2 Å². The lowest BCUT2D eigenvalue weighted by Gasteiger charge is -2.13. The molecule has 5 heteroatoms. The van der Waals surface area contributed by atoms with Gasteiger partial charge in [0.1, 0.15) is 0 Å². The van der Waals surface area contributed by atoms with E-state index in [2.05, 4.69) is 5.32 Å². The molecule has 0 radical (unpaired) electrons. The second kappa shape index (κ2) is 5.45. The van der Waals surface area contributed by atoms with Crippen molar-refractivity contribution in [3.05, 3.63) is 53.6 Å². The Bertz CT molecular complexity index is 606. The maximum atomic E-state index is 12.8. The Balaban J connectivity index is 2.30. The highest BCUT2D eigenvalue weighted by Crippen LogP contribution is 2.35. The average Bonchev–Trinajstić information content (AvgIpc) is 2.40. The van der Waals surface area contributed by atoms with E-state index >= 15 is 0 Å². The molecule has 106 valence electrons. The van der Waals surface area contributed by atoms with Crippen LogP contribution in [0.1, 0.15) is 18.1 Å². The molecule has 0 saturated carbocycles. The fourth-order valence-electron chi connectivity index (χ4n) is 1.92. The van der Waals surface area contributed by atoms with E-state index in [0.29, 0.717) is 5.69 Å². The molecule has 0 spiro atoms. The number of benzene rings is 2. The summed E-state index contributed by atoms with van der Waals surface area (Å²) in [6, 6.07) is 11.4. The number of hydrogen-bond acceptors (Lipinski definition) is 2. The van der Waals surface area contributed by atoms with Crippen LogP contribution in [0.2, 0.25) is 0 Å². The molecule has 20 heavy (non-hydrogen) atoms. The van der Waals surface area contributed by atoms with Crippen LogP contribution in [0, 0.1) is 0 Å². The Labute approximate surface area is 115 Å². The van der Waals surface area contributed by atoms with E-state index < -0.39 is 11.7 Å². The quantitative estimate of drug-likeness (QED) is 0.807. The molecule has 0 unspecified atom stereocenters. The van der Waals surface area contributed by atoms with Crippen LogP contribution >= 0.6 is 0 Å². The fourth-order valence-corrected chi connectivity index (χ4v) is 1.92. The third-order valence-electron chi connectivity index (χ3n) is 2.98. The van der Waals surface area contributed by atoms with Gasteiger partial charge in [0.25, 0.3) is 0 Å². The molecule has 0 atom stereocenters. The molecule has 0 amide bonds. The minimum atomic E-state index is -4.45. The van der Waals surface area contributed by atoms with Crippen LogP contribution in [-0.4, -0.2) is 0 Å². The summed E-state index contributed by atoms with van der Waals surface area (Å²) in [7, 11) is 0. The second-order valence-electron chi connectivity index (χ2n) is 4.48. The monoisotopic (exact) mass is 280 g/mol. The van der Waals surface area contributed by atoms with Crippen molar-refractivity contribution in [2.75, 3.05) is 11.1 Å². The van der Waals surface area contributed by atoms with E-state index in [1.165, 1.54) is 12.1 Å². The summed E-state index contributed by atoms with van der Waals surface area (Å²) >= 11 is 0. The van der Waals surface area contributed by atoms with Gasteiger partial charge in [-0.3, -0.25) is 0 Å². The van der Waals surface area contributed by atoms with E-state index in [9.17, 15) is 13.2 Å². The van der Waals surface area contributed by atoms with Crippen LogP contribution < -0.4 is 11.1 Å². The summed E-state index contributed by atoms with van der Waals surface area (Å²) in [6.07, 6.45) is -3.59. The number of hydrogen-bond donors (Lipinski definition) is 2. The SMILES string of the molecule is CCc1cccc(Nc2ccc(N)c(C(F)(F)F)c2)c1. The summed E-state index contributed by atoms with van der Waals surface area (Å²) in [5, 5.41) is 2.96. The molecule has 3 N–H and O–H groups in total. The molecule has 2 aromatic carbocycles. The summed E-state index contributed by atoms with van der Waals surface area (Å²) in [5.41, 5.74) is 6.49. The summed E-state index contributed by atoms with van der Waals surface area (Å²) in [6.45, 7) is 2.02. The zero-order valence-electron chi connectivity index (χ0n) is 11.0. The number of anilines is 3. The maximum absolute atomic E-state index is 12.8.